The van der Waals surface area contributed by atoms with Gasteiger partial charge in [-0.15, -0.1) is 0 Å². The predicted molar refractivity (Wildman–Crippen MR) is 87.3 cm³/mol. The van der Waals surface area contributed by atoms with Crippen molar-refractivity contribution in [3.63, 3.8) is 0 Å². The number of aromatic hydroxyl groups is 2. The number of para-hydroxylation sites is 1. The van der Waals surface area contributed by atoms with Gasteiger partial charge in [0.05, 0.1) is 6.21 Å². The lowest BCUT2D eigenvalue weighted by molar-refractivity contribution is 0.0951. The summed E-state index contributed by atoms with van der Waals surface area (Å²) in [7, 11) is 0. The van der Waals surface area contributed by atoms with E-state index in [2.05, 4.69) is 10.5 Å². The smallest absolute Gasteiger partial charge is 0.349 e. The Morgan fingerprint density at radius 3 is 2.71 bits per heavy atom. The van der Waals surface area contributed by atoms with Gasteiger partial charge in [-0.1, -0.05) is 18.2 Å². The molecule has 3 N–H and O–H groups in total. The quantitative estimate of drug-likeness (QED) is 0.387. The van der Waals surface area contributed by atoms with Crippen LogP contribution in [0.15, 0.2) is 62.8 Å². The number of nitrogens with one attached hydrogen (secondary N) is 1. The average Bonchev–Trinajstić information content (AvgIpc) is 2.56. The van der Waals surface area contributed by atoms with E-state index >= 15 is 0 Å². The molecule has 1 heterocycles. The first-order valence-electron chi connectivity index (χ1n) is 6.93. The molecule has 0 aliphatic heterocycles. The lowest BCUT2D eigenvalue weighted by Crippen LogP contribution is -2.24. The van der Waals surface area contributed by atoms with E-state index in [0.717, 1.165) is 6.07 Å². The van der Waals surface area contributed by atoms with Crippen molar-refractivity contribution >= 4 is 23.1 Å². The molecule has 1 amide bonds. The number of hydrogen-bond acceptors (Lipinski definition) is 6. The van der Waals surface area contributed by atoms with E-state index in [1.54, 1.807) is 24.3 Å². The molecule has 0 saturated heterocycles. The minimum Gasteiger partial charge on any atom is -0.508 e. The van der Waals surface area contributed by atoms with Crippen LogP contribution in [0.2, 0.25) is 0 Å². The first kappa shape index (κ1) is 15.3. The molecule has 0 atom stereocenters. The third-order valence-corrected chi connectivity index (χ3v) is 3.27. The molecule has 0 aliphatic rings. The summed E-state index contributed by atoms with van der Waals surface area (Å²) in [4.78, 5) is 23.9. The van der Waals surface area contributed by atoms with Gasteiger partial charge in [0.25, 0.3) is 5.91 Å². The molecule has 24 heavy (non-hydrogen) atoms. The summed E-state index contributed by atoms with van der Waals surface area (Å²) in [6.07, 6.45) is 1.19. The van der Waals surface area contributed by atoms with Crippen LogP contribution >= 0.6 is 0 Å². The van der Waals surface area contributed by atoms with E-state index in [4.69, 9.17) is 4.42 Å². The van der Waals surface area contributed by atoms with Gasteiger partial charge in [0.15, 0.2) is 0 Å². The van der Waals surface area contributed by atoms with Crippen molar-refractivity contribution in [2.24, 2.45) is 5.10 Å². The second-order valence-corrected chi connectivity index (χ2v) is 4.93. The largest absolute Gasteiger partial charge is 0.508 e. The van der Waals surface area contributed by atoms with Crippen molar-refractivity contribution in [3.8, 4) is 11.5 Å². The van der Waals surface area contributed by atoms with Gasteiger partial charge in [-0.25, -0.2) is 10.2 Å². The molecular weight excluding hydrogens is 312 g/mol. The zero-order valence-electron chi connectivity index (χ0n) is 12.3. The van der Waals surface area contributed by atoms with Gasteiger partial charge in [0.1, 0.15) is 22.6 Å². The second-order valence-electron chi connectivity index (χ2n) is 4.93. The van der Waals surface area contributed by atoms with Crippen LogP contribution in [-0.4, -0.2) is 22.3 Å². The van der Waals surface area contributed by atoms with Crippen molar-refractivity contribution in [1.29, 1.82) is 0 Å². The molecule has 0 unspecified atom stereocenters. The van der Waals surface area contributed by atoms with Gasteiger partial charge in [-0.3, -0.25) is 4.79 Å². The molecule has 1 aromatic heterocycles. The summed E-state index contributed by atoms with van der Waals surface area (Å²) in [6, 6.07) is 12.2. The first-order valence-corrected chi connectivity index (χ1v) is 6.93. The number of hydrogen-bond donors (Lipinski definition) is 3. The monoisotopic (exact) mass is 324 g/mol. The Morgan fingerprint density at radius 1 is 1.12 bits per heavy atom. The zero-order valence-corrected chi connectivity index (χ0v) is 12.3. The minimum atomic E-state index is -0.770. The van der Waals surface area contributed by atoms with Crippen LogP contribution in [0.25, 0.3) is 11.0 Å². The van der Waals surface area contributed by atoms with Crippen LogP contribution in [0.4, 0.5) is 0 Å². The molecule has 0 bridgehead atoms. The molecule has 0 spiro atoms. The van der Waals surface area contributed by atoms with Gasteiger partial charge < -0.3 is 14.6 Å². The van der Waals surface area contributed by atoms with E-state index in [0.29, 0.717) is 16.5 Å². The third kappa shape index (κ3) is 3.09. The Labute approximate surface area is 135 Å². The Balaban J connectivity index is 1.81. The highest BCUT2D eigenvalue weighted by Crippen LogP contribution is 2.20. The van der Waals surface area contributed by atoms with Crippen LogP contribution in [0.1, 0.15) is 15.9 Å². The second kappa shape index (κ2) is 6.25. The maximum absolute atomic E-state index is 12.1. The number of fused-ring (bicyclic) bond motifs is 1. The van der Waals surface area contributed by atoms with Crippen molar-refractivity contribution in [3.05, 3.63) is 70.1 Å². The average molecular weight is 324 g/mol. The van der Waals surface area contributed by atoms with E-state index < -0.39 is 11.5 Å². The summed E-state index contributed by atoms with van der Waals surface area (Å²) in [5.41, 5.74) is 1.92. The van der Waals surface area contributed by atoms with E-state index in [-0.39, 0.29) is 17.1 Å². The van der Waals surface area contributed by atoms with Crippen molar-refractivity contribution in [1.82, 2.24) is 5.43 Å². The molecule has 0 saturated carbocycles. The first-order chi connectivity index (χ1) is 11.5. The topological polar surface area (TPSA) is 112 Å². The zero-order chi connectivity index (χ0) is 17.1. The number of nitrogens with zero attached hydrogens (tertiary/aromatic N) is 1. The number of carbonyl (C=O) groups excluding carboxylic acids is 1. The van der Waals surface area contributed by atoms with E-state index in [1.165, 1.54) is 24.4 Å². The fraction of sp³-hybridized carbons (Fsp3) is 0. The Kier molecular flexibility index (Phi) is 3.98. The highest BCUT2D eigenvalue weighted by atomic mass is 16.4. The van der Waals surface area contributed by atoms with Crippen LogP contribution in [0.3, 0.4) is 0 Å². The lowest BCUT2D eigenvalue weighted by Gasteiger charge is -2.02. The SMILES string of the molecule is O=C(N/N=C/c1ccc(O)cc1O)c1cc2ccccc2oc1=O. The molecule has 120 valence electrons. The number of rotatable bonds is 3. The van der Waals surface area contributed by atoms with Crippen LogP contribution < -0.4 is 11.1 Å². The minimum absolute atomic E-state index is 0.0949. The summed E-state index contributed by atoms with van der Waals surface area (Å²) in [5, 5.41) is 23.1. The molecule has 7 nitrogen and oxygen atoms in total. The fourth-order valence-corrected chi connectivity index (χ4v) is 2.08. The van der Waals surface area contributed by atoms with Crippen LogP contribution in [0.5, 0.6) is 11.5 Å². The molecule has 0 aliphatic carbocycles. The molecule has 7 heteroatoms. The Hall–Kier alpha value is -3.61. The van der Waals surface area contributed by atoms with Gasteiger partial charge in [0.2, 0.25) is 0 Å². The summed E-state index contributed by atoms with van der Waals surface area (Å²) in [5.74, 6) is -1.02. The van der Waals surface area contributed by atoms with Crippen LogP contribution in [0, 0.1) is 0 Å². The lowest BCUT2D eigenvalue weighted by atomic mass is 10.2. The summed E-state index contributed by atoms with van der Waals surface area (Å²) in [6.45, 7) is 0. The van der Waals surface area contributed by atoms with Crippen molar-refractivity contribution in [2.75, 3.05) is 0 Å². The molecule has 3 rings (SSSR count). The molecular formula is C17H12N2O5. The van der Waals surface area contributed by atoms with Gasteiger partial charge >= 0.3 is 5.63 Å². The molecule has 3 aromatic rings. The molecule has 2 aromatic carbocycles. The van der Waals surface area contributed by atoms with E-state index in [1.807, 2.05) is 0 Å². The highest BCUT2D eigenvalue weighted by molar-refractivity contribution is 5.97. The Morgan fingerprint density at radius 2 is 1.92 bits per heavy atom. The van der Waals surface area contributed by atoms with Crippen molar-refractivity contribution in [2.45, 2.75) is 0 Å². The third-order valence-electron chi connectivity index (χ3n) is 3.27. The number of carbonyl (C=O) groups is 1. The fourth-order valence-electron chi connectivity index (χ4n) is 2.08. The number of hydrazone groups is 1. The molecule has 0 radical (unpaired) electrons. The number of phenols is 2. The van der Waals surface area contributed by atoms with Gasteiger partial charge in [0, 0.05) is 17.0 Å². The van der Waals surface area contributed by atoms with Crippen LogP contribution in [-0.2, 0) is 0 Å². The van der Waals surface area contributed by atoms with E-state index in [9.17, 15) is 19.8 Å². The normalized spacial score (nSPS) is 11.0. The Bertz CT molecular complexity index is 1010. The number of amides is 1. The van der Waals surface area contributed by atoms with Crippen molar-refractivity contribution < 1.29 is 19.4 Å². The number of benzene rings is 2. The summed E-state index contributed by atoms with van der Waals surface area (Å²) < 4.78 is 5.07. The molecule has 0 fully saturated rings. The maximum atomic E-state index is 12.1. The maximum Gasteiger partial charge on any atom is 0.349 e. The predicted octanol–water partition coefficient (Wildman–Crippen LogP) is 1.97. The standard InChI is InChI=1S/C17H12N2O5/c20-12-6-5-11(14(21)8-12)9-18-19-16(22)13-7-10-3-1-2-4-15(10)24-17(13)23/h1-9,20-21H,(H,19,22)/b18-9+. The van der Waals surface area contributed by atoms with Gasteiger partial charge in [-0.2, -0.15) is 5.10 Å². The van der Waals surface area contributed by atoms with Gasteiger partial charge in [-0.05, 0) is 24.3 Å². The summed E-state index contributed by atoms with van der Waals surface area (Å²) >= 11 is 0. The number of phenolic OH excluding ortho intramolecular Hbond substituents is 2. The highest BCUT2D eigenvalue weighted by Gasteiger charge is 2.12.